The third-order valence-corrected chi connectivity index (χ3v) is 8.71. The highest BCUT2D eigenvalue weighted by atomic mass is 32.2. The minimum atomic E-state index is -3.75. The maximum atomic E-state index is 13.1. The second-order valence-corrected chi connectivity index (χ2v) is 11.9. The Balaban J connectivity index is 1.27. The van der Waals surface area contributed by atoms with Crippen molar-refractivity contribution in [2.45, 2.75) is 11.4 Å². The topological polar surface area (TPSA) is 181 Å². The van der Waals surface area contributed by atoms with Crippen LogP contribution >= 0.6 is 0 Å². The van der Waals surface area contributed by atoms with Crippen molar-refractivity contribution in [2.24, 2.45) is 0 Å². The van der Waals surface area contributed by atoms with Crippen molar-refractivity contribution in [3.63, 3.8) is 0 Å². The van der Waals surface area contributed by atoms with E-state index in [1.807, 2.05) is 22.9 Å². The number of rotatable bonds is 11. The van der Waals surface area contributed by atoms with E-state index in [1.165, 1.54) is 27.3 Å². The highest BCUT2D eigenvalue weighted by Gasteiger charge is 2.24. The molecule has 14 nitrogen and oxygen atoms in total. The number of carbonyl (C=O) groups excluding carboxylic acids is 2. The van der Waals surface area contributed by atoms with Crippen molar-refractivity contribution >= 4 is 49.5 Å². The fraction of sp³-hybridized carbons (Fsp3) is 0.214. The molecule has 5 aromatic rings. The first-order valence-electron chi connectivity index (χ1n) is 13.0. The van der Waals surface area contributed by atoms with E-state index in [1.54, 1.807) is 41.9 Å². The molecule has 2 heterocycles. The van der Waals surface area contributed by atoms with Gasteiger partial charge >= 0.3 is 0 Å². The first-order chi connectivity index (χ1) is 20.6. The lowest BCUT2D eigenvalue weighted by Gasteiger charge is -2.14. The van der Waals surface area contributed by atoms with Gasteiger partial charge in [0.2, 0.25) is 10.0 Å². The number of carbonyl (C=O) groups is 2. The van der Waals surface area contributed by atoms with Gasteiger partial charge in [-0.25, -0.2) is 22.8 Å². The standard InChI is InChI=1S/C28H29N7O7S/c1-34(2)43(39,40)24-9-7-21(25-26(24)33-42-32-25)29-11-12-30-28(37)20-14-17(4-8-23(20)41-3)16-35-13-10-18-5-6-19(15-22(18)35)27(36)31-38/h4-10,13-15,29,38H,11-12,16H2,1-3H3,(H,30,37)(H,31,36). The molecule has 0 radical (unpaired) electrons. The Morgan fingerprint density at radius 2 is 1.79 bits per heavy atom. The molecule has 0 aliphatic carbocycles. The van der Waals surface area contributed by atoms with Crippen molar-refractivity contribution in [1.82, 2.24) is 30.0 Å². The van der Waals surface area contributed by atoms with Gasteiger partial charge in [-0.3, -0.25) is 14.8 Å². The van der Waals surface area contributed by atoms with Gasteiger partial charge in [-0.1, -0.05) is 12.1 Å². The predicted octanol–water partition coefficient (Wildman–Crippen LogP) is 2.45. The average molecular weight is 608 g/mol. The number of nitrogens with zero attached hydrogens (tertiary/aromatic N) is 4. The Morgan fingerprint density at radius 1 is 1.00 bits per heavy atom. The van der Waals surface area contributed by atoms with Gasteiger partial charge in [-0.05, 0) is 63.7 Å². The van der Waals surface area contributed by atoms with Crippen LogP contribution in [0.3, 0.4) is 0 Å². The van der Waals surface area contributed by atoms with Crippen LogP contribution in [0.15, 0.2) is 70.3 Å². The van der Waals surface area contributed by atoms with Crippen LogP contribution in [-0.4, -0.2) is 78.9 Å². The smallest absolute Gasteiger partial charge is 0.274 e. The Kier molecular flexibility index (Phi) is 8.29. The predicted molar refractivity (Wildman–Crippen MR) is 157 cm³/mol. The number of nitrogens with one attached hydrogen (secondary N) is 3. The van der Waals surface area contributed by atoms with Crippen LogP contribution in [0.1, 0.15) is 26.3 Å². The van der Waals surface area contributed by atoms with Crippen LogP contribution in [0.2, 0.25) is 0 Å². The van der Waals surface area contributed by atoms with Crippen LogP contribution in [0.5, 0.6) is 5.75 Å². The molecule has 0 unspecified atom stereocenters. The molecule has 4 N–H and O–H groups in total. The number of sulfonamides is 1. The lowest BCUT2D eigenvalue weighted by Crippen LogP contribution is -2.29. The molecule has 3 aromatic carbocycles. The zero-order valence-corrected chi connectivity index (χ0v) is 24.3. The molecule has 0 atom stereocenters. The van der Waals surface area contributed by atoms with Crippen molar-refractivity contribution < 1.29 is 32.6 Å². The number of anilines is 1. The molecule has 15 heteroatoms. The highest BCUT2D eigenvalue weighted by molar-refractivity contribution is 7.89. The molecule has 0 saturated heterocycles. The van der Waals surface area contributed by atoms with Gasteiger partial charge in [0.15, 0.2) is 11.0 Å². The third kappa shape index (κ3) is 5.86. The Morgan fingerprint density at radius 3 is 2.53 bits per heavy atom. The molecule has 5 rings (SSSR count). The number of hydrogen-bond donors (Lipinski definition) is 4. The quantitative estimate of drug-likeness (QED) is 0.0989. The molecule has 43 heavy (non-hydrogen) atoms. The minimum absolute atomic E-state index is 0.0245. The van der Waals surface area contributed by atoms with Crippen LogP contribution < -0.4 is 20.9 Å². The van der Waals surface area contributed by atoms with Gasteiger partial charge < -0.3 is 19.9 Å². The first-order valence-corrected chi connectivity index (χ1v) is 14.5. The maximum Gasteiger partial charge on any atom is 0.274 e. The summed E-state index contributed by atoms with van der Waals surface area (Å²) in [6.07, 6.45) is 1.88. The number of fused-ring (bicyclic) bond motifs is 2. The molecule has 0 bridgehead atoms. The average Bonchev–Trinajstić information content (AvgIpc) is 3.66. The monoisotopic (exact) mass is 607 g/mol. The zero-order chi connectivity index (χ0) is 30.7. The van der Waals surface area contributed by atoms with E-state index < -0.39 is 15.9 Å². The summed E-state index contributed by atoms with van der Waals surface area (Å²) in [4.78, 5) is 25.0. The van der Waals surface area contributed by atoms with Crippen LogP contribution in [-0.2, 0) is 16.6 Å². The molecular formula is C28H29N7O7S. The molecule has 0 aliphatic heterocycles. The Labute approximate surface area is 246 Å². The van der Waals surface area contributed by atoms with Crippen LogP contribution in [0.25, 0.3) is 21.9 Å². The van der Waals surface area contributed by atoms with Crippen molar-refractivity contribution in [3.05, 3.63) is 77.5 Å². The van der Waals surface area contributed by atoms with Crippen molar-refractivity contribution in [2.75, 3.05) is 39.6 Å². The number of hydrogen-bond acceptors (Lipinski definition) is 10. The largest absolute Gasteiger partial charge is 0.496 e. The van der Waals surface area contributed by atoms with E-state index in [4.69, 9.17) is 14.6 Å². The molecule has 0 aliphatic rings. The summed E-state index contributed by atoms with van der Waals surface area (Å²) >= 11 is 0. The Hall–Kier alpha value is -4.99. The zero-order valence-electron chi connectivity index (χ0n) is 23.5. The van der Waals surface area contributed by atoms with Gasteiger partial charge in [0.05, 0.1) is 18.4 Å². The summed E-state index contributed by atoms with van der Waals surface area (Å²) < 4.78 is 38.5. The number of hydroxylamine groups is 1. The highest BCUT2D eigenvalue weighted by Crippen LogP contribution is 2.28. The maximum absolute atomic E-state index is 13.1. The Bertz CT molecular complexity index is 1930. The normalized spacial score (nSPS) is 11.7. The number of benzene rings is 3. The van der Waals surface area contributed by atoms with Gasteiger partial charge in [0.25, 0.3) is 11.8 Å². The summed E-state index contributed by atoms with van der Waals surface area (Å²) in [5, 5.41) is 23.5. The molecule has 224 valence electrons. The number of ether oxygens (including phenoxy) is 1. The summed E-state index contributed by atoms with van der Waals surface area (Å²) in [6.45, 7) is 0.948. The van der Waals surface area contributed by atoms with E-state index >= 15 is 0 Å². The molecule has 0 spiro atoms. The molecule has 2 aromatic heterocycles. The first kappa shape index (κ1) is 29.5. The lowest BCUT2D eigenvalue weighted by atomic mass is 10.1. The van der Waals surface area contributed by atoms with Crippen molar-refractivity contribution in [1.29, 1.82) is 0 Å². The van der Waals surface area contributed by atoms with E-state index in [0.29, 0.717) is 35.7 Å². The van der Waals surface area contributed by atoms with E-state index in [0.717, 1.165) is 20.8 Å². The molecular weight excluding hydrogens is 578 g/mol. The van der Waals surface area contributed by atoms with Crippen LogP contribution in [0.4, 0.5) is 5.69 Å². The number of aromatic nitrogens is 3. The SMILES string of the molecule is COc1ccc(Cn2ccc3ccc(C(=O)NO)cc32)cc1C(=O)NCCNc1ccc(S(=O)(=O)N(C)C)c2nonc12. The number of methoxy groups -OCH3 is 1. The summed E-state index contributed by atoms with van der Waals surface area (Å²) in [7, 11) is 0.577. The second kappa shape index (κ2) is 12.1. The van der Waals surface area contributed by atoms with Gasteiger partial charge in [0, 0.05) is 51.0 Å². The summed E-state index contributed by atoms with van der Waals surface area (Å²) in [5.74, 6) is -0.550. The molecule has 2 amide bonds. The van der Waals surface area contributed by atoms with Gasteiger partial charge in [0.1, 0.15) is 10.6 Å². The third-order valence-electron chi connectivity index (χ3n) is 6.86. The minimum Gasteiger partial charge on any atom is -0.496 e. The lowest BCUT2D eigenvalue weighted by molar-refractivity contribution is 0.0706. The fourth-order valence-electron chi connectivity index (χ4n) is 4.61. The van der Waals surface area contributed by atoms with Gasteiger partial charge in [-0.2, -0.15) is 0 Å². The molecule has 0 fully saturated rings. The van der Waals surface area contributed by atoms with Crippen LogP contribution in [0, 0.1) is 0 Å². The van der Waals surface area contributed by atoms with E-state index in [2.05, 4.69) is 20.9 Å². The second-order valence-electron chi connectivity index (χ2n) is 9.74. The van der Waals surface area contributed by atoms with Gasteiger partial charge in [-0.15, -0.1) is 0 Å². The van der Waals surface area contributed by atoms with Crippen molar-refractivity contribution in [3.8, 4) is 5.75 Å². The van der Waals surface area contributed by atoms with E-state index in [9.17, 15) is 18.0 Å². The van der Waals surface area contributed by atoms with E-state index in [-0.39, 0.29) is 28.4 Å². The molecule has 0 saturated carbocycles. The summed E-state index contributed by atoms with van der Waals surface area (Å²) in [5.41, 5.74) is 4.78. The summed E-state index contributed by atoms with van der Waals surface area (Å²) in [6, 6.07) is 15.3. The fourth-order valence-corrected chi connectivity index (χ4v) is 5.63. The number of amides is 2.